The predicted octanol–water partition coefficient (Wildman–Crippen LogP) is 4.65. The van der Waals surface area contributed by atoms with E-state index in [2.05, 4.69) is 4.98 Å². The summed E-state index contributed by atoms with van der Waals surface area (Å²) in [6, 6.07) is 14.6. The standard InChI is InChI=1S/C26H24N2O6S/c1-4-33-18-13-11-17(12-14-18)21(29)19-20(16-9-7-6-8-10-16)28(24(31)22(19)30)26-27-15(3)23(35-26)25(32)34-5-2/h6-14,20,29H,4-5H2,1-3H3/b21-19+/t20-/m1/s1. The average Bonchev–Trinajstić information content (AvgIpc) is 3.37. The normalized spacial score (nSPS) is 17.0. The Labute approximate surface area is 206 Å². The molecule has 0 unspecified atom stereocenters. The number of esters is 1. The molecule has 2 aromatic carbocycles. The maximum atomic E-state index is 13.3. The van der Waals surface area contributed by atoms with Crippen LogP contribution in [-0.4, -0.2) is 41.0 Å². The maximum absolute atomic E-state index is 13.3. The number of carbonyl (C=O) groups excluding carboxylic acids is 3. The van der Waals surface area contributed by atoms with Gasteiger partial charge >= 0.3 is 11.9 Å². The van der Waals surface area contributed by atoms with E-state index in [0.717, 1.165) is 11.3 Å². The van der Waals surface area contributed by atoms with E-state index in [9.17, 15) is 19.5 Å². The molecule has 0 aliphatic carbocycles. The Hall–Kier alpha value is -3.98. The van der Waals surface area contributed by atoms with E-state index in [1.807, 2.05) is 13.0 Å². The van der Waals surface area contributed by atoms with Crippen LogP contribution < -0.4 is 9.64 Å². The van der Waals surface area contributed by atoms with Gasteiger partial charge in [0.2, 0.25) is 0 Å². The molecule has 1 amide bonds. The molecule has 1 atom stereocenters. The Morgan fingerprint density at radius 3 is 2.37 bits per heavy atom. The van der Waals surface area contributed by atoms with Crippen molar-refractivity contribution in [1.29, 1.82) is 0 Å². The first-order valence-corrected chi connectivity index (χ1v) is 11.9. The first kappa shape index (κ1) is 24.2. The van der Waals surface area contributed by atoms with Gasteiger partial charge in [-0.1, -0.05) is 41.7 Å². The summed E-state index contributed by atoms with van der Waals surface area (Å²) in [6.07, 6.45) is 0. The second kappa shape index (κ2) is 10.1. The van der Waals surface area contributed by atoms with E-state index in [4.69, 9.17) is 9.47 Å². The van der Waals surface area contributed by atoms with Crippen molar-refractivity contribution in [3.8, 4) is 5.75 Å². The van der Waals surface area contributed by atoms with E-state index in [1.54, 1.807) is 62.4 Å². The van der Waals surface area contributed by atoms with Crippen LogP contribution in [-0.2, 0) is 14.3 Å². The summed E-state index contributed by atoms with van der Waals surface area (Å²) in [5, 5.41) is 11.4. The fourth-order valence-corrected chi connectivity index (χ4v) is 4.87. The van der Waals surface area contributed by atoms with Crippen LogP contribution in [0.5, 0.6) is 5.75 Å². The molecule has 0 spiro atoms. The molecule has 1 fully saturated rings. The molecule has 1 saturated heterocycles. The second-order valence-corrected chi connectivity index (χ2v) is 8.65. The molecule has 0 saturated carbocycles. The number of aryl methyl sites for hydroxylation is 1. The number of rotatable bonds is 7. The van der Waals surface area contributed by atoms with Gasteiger partial charge in [0.25, 0.3) is 5.78 Å². The molecular weight excluding hydrogens is 468 g/mol. The lowest BCUT2D eigenvalue weighted by Gasteiger charge is -2.23. The number of ketones is 1. The van der Waals surface area contributed by atoms with E-state index >= 15 is 0 Å². The van der Waals surface area contributed by atoms with Crippen molar-refractivity contribution in [1.82, 2.24) is 4.98 Å². The van der Waals surface area contributed by atoms with E-state index in [-0.39, 0.29) is 27.9 Å². The number of aliphatic hydroxyl groups is 1. The molecule has 0 bridgehead atoms. The molecule has 4 rings (SSSR count). The van der Waals surface area contributed by atoms with Gasteiger partial charge < -0.3 is 14.6 Å². The van der Waals surface area contributed by atoms with Gasteiger partial charge in [-0.25, -0.2) is 9.78 Å². The molecule has 8 nitrogen and oxygen atoms in total. The number of hydrogen-bond donors (Lipinski definition) is 1. The Bertz CT molecular complexity index is 1300. The zero-order chi connectivity index (χ0) is 25.1. The molecule has 0 radical (unpaired) electrons. The van der Waals surface area contributed by atoms with Crippen LogP contribution in [0.4, 0.5) is 5.13 Å². The number of benzene rings is 2. The minimum Gasteiger partial charge on any atom is -0.507 e. The zero-order valence-electron chi connectivity index (χ0n) is 19.5. The number of nitrogens with zero attached hydrogens (tertiary/aromatic N) is 2. The number of anilines is 1. The van der Waals surface area contributed by atoms with Gasteiger partial charge in [-0.3, -0.25) is 14.5 Å². The third-order valence-electron chi connectivity index (χ3n) is 5.45. The minimum absolute atomic E-state index is 0.0594. The zero-order valence-corrected chi connectivity index (χ0v) is 20.3. The summed E-state index contributed by atoms with van der Waals surface area (Å²) in [5.41, 5.74) is 1.32. The van der Waals surface area contributed by atoms with Crippen molar-refractivity contribution in [3.63, 3.8) is 0 Å². The quantitative estimate of drug-likeness (QED) is 0.221. The van der Waals surface area contributed by atoms with Crippen molar-refractivity contribution in [2.45, 2.75) is 26.8 Å². The first-order chi connectivity index (χ1) is 16.9. The molecule has 1 aliphatic rings. The summed E-state index contributed by atoms with van der Waals surface area (Å²) in [7, 11) is 0. The van der Waals surface area contributed by atoms with Gasteiger partial charge in [-0.05, 0) is 50.6 Å². The molecule has 9 heteroatoms. The highest BCUT2D eigenvalue weighted by molar-refractivity contribution is 7.17. The van der Waals surface area contributed by atoms with Gasteiger partial charge in [-0.15, -0.1) is 0 Å². The summed E-state index contributed by atoms with van der Waals surface area (Å²) in [6.45, 7) is 5.89. The monoisotopic (exact) mass is 492 g/mol. The summed E-state index contributed by atoms with van der Waals surface area (Å²) < 4.78 is 10.5. The predicted molar refractivity (Wildman–Crippen MR) is 132 cm³/mol. The van der Waals surface area contributed by atoms with Crippen molar-refractivity contribution < 1.29 is 29.0 Å². The maximum Gasteiger partial charge on any atom is 0.350 e. The summed E-state index contributed by atoms with van der Waals surface area (Å²) in [5.74, 6) is -1.90. The van der Waals surface area contributed by atoms with Crippen molar-refractivity contribution in [2.75, 3.05) is 18.1 Å². The molecule has 3 aromatic rings. The fraction of sp³-hybridized carbons (Fsp3) is 0.231. The SMILES string of the molecule is CCOC(=O)c1sc(N2C(=O)C(=O)/C(=C(/O)c3ccc(OCC)cc3)[C@H]2c2ccccc2)nc1C. The van der Waals surface area contributed by atoms with Crippen LogP contribution in [0.1, 0.15) is 46.4 Å². The largest absolute Gasteiger partial charge is 0.507 e. The van der Waals surface area contributed by atoms with Crippen LogP contribution in [0.15, 0.2) is 60.2 Å². The first-order valence-electron chi connectivity index (χ1n) is 11.1. The average molecular weight is 493 g/mol. The topological polar surface area (TPSA) is 106 Å². The van der Waals surface area contributed by atoms with E-state index < -0.39 is 23.7 Å². The van der Waals surface area contributed by atoms with Crippen LogP contribution in [0, 0.1) is 6.92 Å². The van der Waals surface area contributed by atoms with Gasteiger partial charge in [0.1, 0.15) is 16.4 Å². The number of thiazole rings is 1. The highest BCUT2D eigenvalue weighted by atomic mass is 32.1. The molecule has 1 aliphatic heterocycles. The van der Waals surface area contributed by atoms with Crippen molar-refractivity contribution >= 4 is 39.9 Å². The van der Waals surface area contributed by atoms with E-state index in [0.29, 0.717) is 29.2 Å². The number of aromatic nitrogens is 1. The summed E-state index contributed by atoms with van der Waals surface area (Å²) >= 11 is 0.972. The Kier molecular flexibility index (Phi) is 6.97. The summed E-state index contributed by atoms with van der Waals surface area (Å²) in [4.78, 5) is 44.7. The number of aliphatic hydroxyl groups excluding tert-OH is 1. The molecule has 2 heterocycles. The van der Waals surface area contributed by atoms with E-state index in [1.165, 1.54) is 4.90 Å². The van der Waals surface area contributed by atoms with Crippen LogP contribution in [0.3, 0.4) is 0 Å². The highest BCUT2D eigenvalue weighted by Gasteiger charge is 2.48. The Morgan fingerprint density at radius 1 is 1.06 bits per heavy atom. The molecule has 1 N–H and O–H groups in total. The third kappa shape index (κ3) is 4.54. The van der Waals surface area contributed by atoms with Crippen LogP contribution in [0.2, 0.25) is 0 Å². The van der Waals surface area contributed by atoms with Crippen molar-refractivity contribution in [3.05, 3.63) is 81.9 Å². The Balaban J connectivity index is 1.85. The Morgan fingerprint density at radius 2 is 1.74 bits per heavy atom. The number of amides is 1. The molecular formula is C26H24N2O6S. The van der Waals surface area contributed by atoms with Gasteiger partial charge in [0.05, 0.1) is 30.5 Å². The molecule has 35 heavy (non-hydrogen) atoms. The van der Waals surface area contributed by atoms with Crippen LogP contribution >= 0.6 is 11.3 Å². The fourth-order valence-electron chi connectivity index (χ4n) is 3.88. The minimum atomic E-state index is -0.927. The number of hydrogen-bond acceptors (Lipinski definition) is 8. The number of ether oxygens (including phenoxy) is 2. The smallest absolute Gasteiger partial charge is 0.350 e. The highest BCUT2D eigenvalue weighted by Crippen LogP contribution is 2.44. The van der Waals surface area contributed by atoms with Crippen molar-refractivity contribution in [2.24, 2.45) is 0 Å². The van der Waals surface area contributed by atoms with Gasteiger partial charge in [0, 0.05) is 5.56 Å². The second-order valence-electron chi connectivity index (χ2n) is 7.67. The lowest BCUT2D eigenvalue weighted by Crippen LogP contribution is -2.29. The molecule has 180 valence electrons. The van der Waals surface area contributed by atoms with Gasteiger partial charge in [-0.2, -0.15) is 0 Å². The van der Waals surface area contributed by atoms with Gasteiger partial charge in [0.15, 0.2) is 5.13 Å². The van der Waals surface area contributed by atoms with Crippen LogP contribution in [0.25, 0.3) is 5.76 Å². The lowest BCUT2D eigenvalue weighted by atomic mass is 9.95. The number of Topliss-reactive ketones (excluding diaryl/α,β-unsaturated/α-hetero) is 1. The molecule has 1 aromatic heterocycles. The lowest BCUT2D eigenvalue weighted by molar-refractivity contribution is -0.132. The third-order valence-corrected chi connectivity index (χ3v) is 6.59. The number of carbonyl (C=O) groups is 3.